The fraction of sp³-hybridized carbons (Fsp3) is 0.312. The van der Waals surface area contributed by atoms with Gasteiger partial charge < -0.3 is 15.2 Å². The summed E-state index contributed by atoms with van der Waals surface area (Å²) >= 11 is 0. The molecule has 11 heteroatoms. The Morgan fingerprint density at radius 2 is 1.93 bits per heavy atom. The van der Waals surface area contributed by atoms with E-state index in [-0.39, 0.29) is 40.7 Å². The minimum atomic E-state index is -3.78. The van der Waals surface area contributed by atoms with Gasteiger partial charge in [0.2, 0.25) is 10.0 Å². The van der Waals surface area contributed by atoms with E-state index in [2.05, 4.69) is 10.4 Å². The number of carbonyl (C=O) groups is 1. The Balaban J connectivity index is 1.88. The highest BCUT2D eigenvalue weighted by Gasteiger charge is 2.27. The molecule has 1 aromatic carbocycles. The number of phenolic OH excluding ortho intramolecular Hbond substituents is 1. The number of aromatic hydroxyl groups is 1. The van der Waals surface area contributed by atoms with Crippen LogP contribution in [0.4, 0.5) is 5.69 Å². The number of nitrogens with one attached hydrogen (secondary N) is 1. The Bertz CT molecular complexity index is 1030. The summed E-state index contributed by atoms with van der Waals surface area (Å²) in [6, 6.07) is 6.06. The molecule has 0 atom stereocenters. The van der Waals surface area contributed by atoms with Crippen molar-refractivity contribution in [2.75, 3.05) is 31.6 Å². The zero-order valence-corrected chi connectivity index (χ0v) is 15.3. The van der Waals surface area contributed by atoms with Crippen molar-refractivity contribution in [3.05, 3.63) is 46.4 Å². The molecule has 2 heterocycles. The maximum atomic E-state index is 12.7. The number of hydrogen-bond acceptors (Lipinski definition) is 7. The van der Waals surface area contributed by atoms with Gasteiger partial charge in [0.25, 0.3) is 11.5 Å². The normalized spacial score (nSPS) is 15.4. The third kappa shape index (κ3) is 3.99. The van der Waals surface area contributed by atoms with Crippen molar-refractivity contribution < 1.29 is 23.1 Å². The Hall–Kier alpha value is -2.76. The van der Waals surface area contributed by atoms with E-state index in [4.69, 9.17) is 4.74 Å². The molecular formula is C16H18N4O6S. The maximum Gasteiger partial charge on any atom is 0.276 e. The van der Waals surface area contributed by atoms with Crippen LogP contribution in [-0.2, 0) is 21.8 Å². The first-order valence-corrected chi connectivity index (χ1v) is 9.49. The number of phenols is 1. The van der Waals surface area contributed by atoms with E-state index in [1.54, 1.807) is 0 Å². The van der Waals surface area contributed by atoms with Crippen molar-refractivity contribution in [1.29, 1.82) is 0 Å². The number of aromatic nitrogens is 2. The SMILES string of the molecule is Cn1nc(C(=O)Nc2cc(S(=O)(=O)N3CCOCC3)ccc2O)ccc1=O. The van der Waals surface area contributed by atoms with Gasteiger partial charge in [0.15, 0.2) is 0 Å². The van der Waals surface area contributed by atoms with Gasteiger partial charge >= 0.3 is 0 Å². The molecule has 144 valence electrons. The zero-order valence-electron chi connectivity index (χ0n) is 14.5. The van der Waals surface area contributed by atoms with E-state index in [1.165, 1.54) is 41.7 Å². The van der Waals surface area contributed by atoms with Crippen molar-refractivity contribution in [2.45, 2.75) is 4.90 Å². The minimum absolute atomic E-state index is 0.0575. The number of rotatable bonds is 4. The van der Waals surface area contributed by atoms with Gasteiger partial charge in [0.05, 0.1) is 23.8 Å². The molecule has 1 aliphatic rings. The van der Waals surface area contributed by atoms with Crippen molar-refractivity contribution >= 4 is 21.6 Å². The van der Waals surface area contributed by atoms with Crippen LogP contribution in [0.15, 0.2) is 40.0 Å². The van der Waals surface area contributed by atoms with Crippen LogP contribution >= 0.6 is 0 Å². The molecule has 1 fully saturated rings. The van der Waals surface area contributed by atoms with Crippen LogP contribution < -0.4 is 10.9 Å². The van der Waals surface area contributed by atoms with E-state index in [9.17, 15) is 23.1 Å². The van der Waals surface area contributed by atoms with E-state index in [0.717, 1.165) is 4.68 Å². The second kappa shape index (κ2) is 7.47. The van der Waals surface area contributed by atoms with Crippen LogP contribution in [0.3, 0.4) is 0 Å². The Kier molecular flexibility index (Phi) is 5.26. The molecule has 2 aromatic rings. The van der Waals surface area contributed by atoms with Crippen LogP contribution in [-0.4, -0.2) is 59.8 Å². The zero-order chi connectivity index (χ0) is 19.6. The molecule has 10 nitrogen and oxygen atoms in total. The van der Waals surface area contributed by atoms with Crippen molar-refractivity contribution in [3.8, 4) is 5.75 Å². The standard InChI is InChI=1S/C16H18N4O6S/c1-19-15(22)5-3-12(18-19)16(23)17-13-10-11(2-4-14(13)21)27(24,25)20-6-8-26-9-7-20/h2-5,10,21H,6-9H2,1H3,(H,17,23). The van der Waals surface area contributed by atoms with Gasteiger partial charge in [-0.3, -0.25) is 9.59 Å². The number of anilines is 1. The average molecular weight is 394 g/mol. The second-order valence-electron chi connectivity index (χ2n) is 5.83. The highest BCUT2D eigenvalue weighted by Crippen LogP contribution is 2.28. The Labute approximate surface area is 155 Å². The van der Waals surface area contributed by atoms with Gasteiger partial charge in [-0.05, 0) is 24.3 Å². The molecule has 1 amide bonds. The number of amides is 1. The third-order valence-electron chi connectivity index (χ3n) is 4.02. The van der Waals surface area contributed by atoms with Crippen LogP contribution in [0.25, 0.3) is 0 Å². The fourth-order valence-electron chi connectivity index (χ4n) is 2.52. The summed E-state index contributed by atoms with van der Waals surface area (Å²) in [6.45, 7) is 1.07. The molecule has 3 rings (SSSR count). The third-order valence-corrected chi connectivity index (χ3v) is 5.91. The minimum Gasteiger partial charge on any atom is -0.506 e. The molecule has 0 bridgehead atoms. The highest BCUT2D eigenvalue weighted by atomic mass is 32.2. The molecule has 0 radical (unpaired) electrons. The fourth-order valence-corrected chi connectivity index (χ4v) is 3.96. The molecule has 0 aliphatic carbocycles. The van der Waals surface area contributed by atoms with Crippen LogP contribution in [0.5, 0.6) is 5.75 Å². The van der Waals surface area contributed by atoms with E-state index >= 15 is 0 Å². The van der Waals surface area contributed by atoms with Crippen LogP contribution in [0.1, 0.15) is 10.5 Å². The predicted molar refractivity (Wildman–Crippen MR) is 95.1 cm³/mol. The number of ether oxygens (including phenoxy) is 1. The highest BCUT2D eigenvalue weighted by molar-refractivity contribution is 7.89. The Morgan fingerprint density at radius 1 is 1.22 bits per heavy atom. The first-order chi connectivity index (χ1) is 12.8. The molecular weight excluding hydrogens is 376 g/mol. The molecule has 2 N–H and O–H groups in total. The molecule has 0 unspecified atom stereocenters. The molecule has 0 spiro atoms. The molecule has 0 saturated carbocycles. The van der Waals surface area contributed by atoms with Crippen molar-refractivity contribution in [3.63, 3.8) is 0 Å². The van der Waals surface area contributed by atoms with Crippen LogP contribution in [0.2, 0.25) is 0 Å². The molecule has 27 heavy (non-hydrogen) atoms. The summed E-state index contributed by atoms with van der Waals surface area (Å²) in [5.74, 6) is -0.990. The number of morpholine rings is 1. The van der Waals surface area contributed by atoms with Crippen molar-refractivity contribution in [1.82, 2.24) is 14.1 Å². The summed E-state index contributed by atoms with van der Waals surface area (Å²) in [4.78, 5) is 23.6. The average Bonchev–Trinajstić information content (AvgIpc) is 2.66. The first-order valence-electron chi connectivity index (χ1n) is 8.05. The number of carbonyl (C=O) groups excluding carboxylic acids is 1. The number of sulfonamides is 1. The lowest BCUT2D eigenvalue weighted by Crippen LogP contribution is -2.40. The maximum absolute atomic E-state index is 12.7. The lowest BCUT2D eigenvalue weighted by molar-refractivity contribution is 0.0730. The van der Waals surface area contributed by atoms with Gasteiger partial charge in [-0.25, -0.2) is 13.1 Å². The van der Waals surface area contributed by atoms with Crippen LogP contribution in [0, 0.1) is 0 Å². The lowest BCUT2D eigenvalue weighted by atomic mass is 10.2. The van der Waals surface area contributed by atoms with Gasteiger partial charge in [-0.1, -0.05) is 0 Å². The summed E-state index contributed by atoms with van der Waals surface area (Å²) in [5.41, 5.74) is -0.518. The van der Waals surface area contributed by atoms with Gasteiger partial charge in [0, 0.05) is 26.2 Å². The largest absolute Gasteiger partial charge is 0.506 e. The molecule has 1 aromatic heterocycles. The Morgan fingerprint density at radius 3 is 2.59 bits per heavy atom. The topological polar surface area (TPSA) is 131 Å². The summed E-state index contributed by atoms with van der Waals surface area (Å²) in [7, 11) is -2.39. The van der Waals surface area contributed by atoms with E-state index in [1.807, 2.05) is 0 Å². The monoisotopic (exact) mass is 394 g/mol. The number of hydrogen-bond donors (Lipinski definition) is 2. The number of nitrogens with zero attached hydrogens (tertiary/aromatic N) is 3. The first kappa shape index (κ1) is 19.0. The molecule has 1 saturated heterocycles. The number of aryl methyl sites for hydroxylation is 1. The van der Waals surface area contributed by atoms with E-state index in [0.29, 0.717) is 13.2 Å². The quantitative estimate of drug-likeness (QED) is 0.684. The molecule has 1 aliphatic heterocycles. The summed E-state index contributed by atoms with van der Waals surface area (Å²) < 4.78 is 32.9. The lowest BCUT2D eigenvalue weighted by Gasteiger charge is -2.26. The van der Waals surface area contributed by atoms with E-state index < -0.39 is 15.9 Å². The predicted octanol–water partition coefficient (Wildman–Crippen LogP) is -0.241. The summed E-state index contributed by atoms with van der Waals surface area (Å²) in [6.07, 6.45) is 0. The number of benzene rings is 1. The summed E-state index contributed by atoms with van der Waals surface area (Å²) in [5, 5.41) is 16.2. The second-order valence-corrected chi connectivity index (χ2v) is 7.77. The van der Waals surface area contributed by atoms with Gasteiger partial charge in [0.1, 0.15) is 11.4 Å². The van der Waals surface area contributed by atoms with Gasteiger partial charge in [-0.15, -0.1) is 0 Å². The smallest absolute Gasteiger partial charge is 0.276 e. The van der Waals surface area contributed by atoms with Gasteiger partial charge in [-0.2, -0.15) is 9.40 Å². The van der Waals surface area contributed by atoms with Crippen molar-refractivity contribution in [2.24, 2.45) is 7.05 Å².